The molecular weight excluding hydrogens is 312 g/mol. The molecule has 0 saturated carbocycles. The highest BCUT2D eigenvalue weighted by Crippen LogP contribution is 2.18. The molecule has 1 aromatic heterocycles. The van der Waals surface area contributed by atoms with Crippen LogP contribution in [-0.4, -0.2) is 27.5 Å². The number of hydrogen-bond donors (Lipinski definition) is 3. The van der Waals surface area contributed by atoms with Crippen molar-refractivity contribution in [3.05, 3.63) is 60.2 Å². The molecule has 0 aliphatic heterocycles. The Kier molecular flexibility index (Phi) is 4.58. The molecule has 2 aromatic carbocycles. The van der Waals surface area contributed by atoms with Crippen LogP contribution in [0.15, 0.2) is 59.8 Å². The van der Waals surface area contributed by atoms with Crippen molar-refractivity contribution in [2.24, 2.45) is 0 Å². The second kappa shape index (κ2) is 6.97. The van der Waals surface area contributed by atoms with E-state index in [9.17, 15) is 9.59 Å². The molecule has 23 heavy (non-hydrogen) atoms. The summed E-state index contributed by atoms with van der Waals surface area (Å²) in [7, 11) is 0. The predicted molar refractivity (Wildman–Crippen MR) is 88.9 cm³/mol. The summed E-state index contributed by atoms with van der Waals surface area (Å²) in [6.07, 6.45) is 0. The van der Waals surface area contributed by atoms with Crippen molar-refractivity contribution < 1.29 is 9.59 Å². The monoisotopic (exact) mass is 326 g/mol. The summed E-state index contributed by atoms with van der Waals surface area (Å²) in [4.78, 5) is 31.1. The number of imidazole rings is 1. The van der Waals surface area contributed by atoms with Crippen molar-refractivity contribution in [3.63, 3.8) is 0 Å². The molecule has 0 bridgehead atoms. The molecule has 0 fully saturated rings. The average Bonchev–Trinajstić information content (AvgIpc) is 3.01. The van der Waals surface area contributed by atoms with Gasteiger partial charge >= 0.3 is 0 Å². The molecule has 7 heteroatoms. The fourth-order valence-corrected chi connectivity index (χ4v) is 2.64. The second-order valence-electron chi connectivity index (χ2n) is 4.72. The molecule has 6 nitrogen and oxygen atoms in total. The van der Waals surface area contributed by atoms with Crippen LogP contribution < -0.4 is 10.9 Å². The molecule has 3 aromatic rings. The lowest BCUT2D eigenvalue weighted by Gasteiger charge is -2.06. The molecular formula is C16H14N4O2S. The van der Waals surface area contributed by atoms with Gasteiger partial charge in [-0.05, 0) is 24.3 Å². The molecule has 0 aliphatic carbocycles. The third kappa shape index (κ3) is 3.89. The van der Waals surface area contributed by atoms with Crippen LogP contribution in [0.3, 0.4) is 0 Å². The lowest BCUT2D eigenvalue weighted by molar-refractivity contribution is -0.119. The first kappa shape index (κ1) is 15.1. The van der Waals surface area contributed by atoms with E-state index in [0.29, 0.717) is 10.7 Å². The Morgan fingerprint density at radius 3 is 2.52 bits per heavy atom. The van der Waals surface area contributed by atoms with Gasteiger partial charge in [0, 0.05) is 5.56 Å². The Balaban J connectivity index is 1.49. The zero-order valence-electron chi connectivity index (χ0n) is 12.1. The quantitative estimate of drug-likeness (QED) is 0.506. The number of H-pyrrole nitrogens is 1. The van der Waals surface area contributed by atoms with Gasteiger partial charge in [-0.2, -0.15) is 0 Å². The number of thioether (sulfide) groups is 1. The van der Waals surface area contributed by atoms with E-state index in [1.807, 2.05) is 30.3 Å². The van der Waals surface area contributed by atoms with Crippen molar-refractivity contribution in [2.75, 3.05) is 5.75 Å². The largest absolute Gasteiger partial charge is 0.333 e. The van der Waals surface area contributed by atoms with Gasteiger partial charge in [-0.25, -0.2) is 4.98 Å². The standard InChI is InChI=1S/C16H14N4O2S/c21-14(19-20-15(22)11-6-2-1-3-7-11)10-23-16-17-12-8-4-5-9-13(12)18-16/h1-9H,10H2,(H,17,18)(H,19,21)(H,20,22). The van der Waals surface area contributed by atoms with E-state index < -0.39 is 0 Å². The number of benzene rings is 2. The molecule has 3 N–H and O–H groups in total. The maximum atomic E-state index is 11.8. The van der Waals surface area contributed by atoms with Gasteiger partial charge in [0.2, 0.25) is 5.91 Å². The first-order chi connectivity index (χ1) is 11.2. The number of hydrogen-bond acceptors (Lipinski definition) is 4. The first-order valence-corrected chi connectivity index (χ1v) is 7.93. The van der Waals surface area contributed by atoms with Gasteiger partial charge in [-0.3, -0.25) is 20.4 Å². The summed E-state index contributed by atoms with van der Waals surface area (Å²) in [5, 5.41) is 0.663. The molecule has 0 atom stereocenters. The number of nitrogens with one attached hydrogen (secondary N) is 3. The maximum Gasteiger partial charge on any atom is 0.269 e. The molecule has 1 heterocycles. The van der Waals surface area contributed by atoms with Crippen LogP contribution in [-0.2, 0) is 4.79 Å². The van der Waals surface area contributed by atoms with Crippen LogP contribution in [0.5, 0.6) is 0 Å². The summed E-state index contributed by atoms with van der Waals surface area (Å²) in [6.45, 7) is 0. The molecule has 0 aliphatic rings. The average molecular weight is 326 g/mol. The van der Waals surface area contributed by atoms with E-state index in [0.717, 1.165) is 11.0 Å². The van der Waals surface area contributed by atoms with Crippen molar-refractivity contribution in [3.8, 4) is 0 Å². The highest BCUT2D eigenvalue weighted by atomic mass is 32.2. The minimum Gasteiger partial charge on any atom is -0.333 e. The molecule has 0 saturated heterocycles. The number of hydrazine groups is 1. The van der Waals surface area contributed by atoms with Crippen LogP contribution in [0.1, 0.15) is 10.4 Å². The number of rotatable bonds is 4. The van der Waals surface area contributed by atoms with E-state index in [1.165, 1.54) is 11.8 Å². The summed E-state index contributed by atoms with van der Waals surface area (Å²) >= 11 is 1.27. The SMILES string of the molecule is O=C(CSc1nc2ccccc2[nH]1)NNC(=O)c1ccccc1. The summed E-state index contributed by atoms with van der Waals surface area (Å²) in [6, 6.07) is 16.3. The van der Waals surface area contributed by atoms with Gasteiger partial charge in [0.25, 0.3) is 5.91 Å². The number of aromatic nitrogens is 2. The van der Waals surface area contributed by atoms with Crippen molar-refractivity contribution >= 4 is 34.6 Å². The van der Waals surface area contributed by atoms with Crippen molar-refractivity contribution in [2.45, 2.75) is 5.16 Å². The van der Waals surface area contributed by atoms with E-state index in [1.54, 1.807) is 24.3 Å². The molecule has 2 amide bonds. The Hall–Kier alpha value is -2.80. The third-order valence-corrected chi connectivity index (χ3v) is 3.93. The molecule has 3 rings (SSSR count). The number of carbonyl (C=O) groups excluding carboxylic acids is 2. The Bertz CT molecular complexity index is 799. The summed E-state index contributed by atoms with van der Waals surface area (Å²) in [5.41, 5.74) is 7.03. The van der Waals surface area contributed by atoms with Crippen molar-refractivity contribution in [1.29, 1.82) is 0 Å². The molecule has 0 unspecified atom stereocenters. The van der Waals surface area contributed by atoms with Crippen molar-refractivity contribution in [1.82, 2.24) is 20.8 Å². The summed E-state index contributed by atoms with van der Waals surface area (Å²) in [5.74, 6) is -0.512. The zero-order valence-corrected chi connectivity index (χ0v) is 12.9. The Morgan fingerprint density at radius 1 is 1.00 bits per heavy atom. The fraction of sp³-hybridized carbons (Fsp3) is 0.0625. The topological polar surface area (TPSA) is 86.9 Å². The second-order valence-corrected chi connectivity index (χ2v) is 5.68. The summed E-state index contributed by atoms with van der Waals surface area (Å²) < 4.78 is 0. The fourth-order valence-electron chi connectivity index (χ4n) is 1.96. The van der Waals surface area contributed by atoms with E-state index in [-0.39, 0.29) is 17.6 Å². The first-order valence-electron chi connectivity index (χ1n) is 6.94. The highest BCUT2D eigenvalue weighted by molar-refractivity contribution is 7.99. The van der Waals surface area contributed by atoms with Gasteiger partial charge in [-0.15, -0.1) is 0 Å². The van der Waals surface area contributed by atoms with Gasteiger partial charge < -0.3 is 4.98 Å². The lowest BCUT2D eigenvalue weighted by Crippen LogP contribution is -2.42. The van der Waals surface area contributed by atoms with E-state index in [4.69, 9.17) is 0 Å². The van der Waals surface area contributed by atoms with E-state index in [2.05, 4.69) is 20.8 Å². The van der Waals surface area contributed by atoms with Gasteiger partial charge in [0.05, 0.1) is 16.8 Å². The Labute approximate surface area is 136 Å². The predicted octanol–water partition coefficient (Wildman–Crippen LogP) is 2.12. The molecule has 116 valence electrons. The number of aromatic amines is 1. The number of fused-ring (bicyclic) bond motifs is 1. The van der Waals surface area contributed by atoms with Gasteiger partial charge in [-0.1, -0.05) is 42.1 Å². The zero-order chi connectivity index (χ0) is 16.1. The number of amides is 2. The highest BCUT2D eigenvalue weighted by Gasteiger charge is 2.09. The number of nitrogens with zero attached hydrogens (tertiary/aromatic N) is 1. The minimum atomic E-state index is -0.354. The third-order valence-electron chi connectivity index (χ3n) is 3.06. The van der Waals surface area contributed by atoms with Crippen LogP contribution in [0.25, 0.3) is 11.0 Å². The van der Waals surface area contributed by atoms with Gasteiger partial charge in [0.15, 0.2) is 5.16 Å². The number of para-hydroxylation sites is 2. The van der Waals surface area contributed by atoms with E-state index >= 15 is 0 Å². The lowest BCUT2D eigenvalue weighted by atomic mass is 10.2. The van der Waals surface area contributed by atoms with Crippen LogP contribution >= 0.6 is 11.8 Å². The number of carbonyl (C=O) groups is 2. The van der Waals surface area contributed by atoms with Crippen LogP contribution in [0.2, 0.25) is 0 Å². The normalized spacial score (nSPS) is 10.4. The minimum absolute atomic E-state index is 0.148. The molecule has 0 spiro atoms. The maximum absolute atomic E-state index is 11.8. The van der Waals surface area contributed by atoms with Crippen LogP contribution in [0.4, 0.5) is 0 Å². The van der Waals surface area contributed by atoms with Crippen LogP contribution in [0, 0.1) is 0 Å². The molecule has 0 radical (unpaired) electrons. The smallest absolute Gasteiger partial charge is 0.269 e. The Morgan fingerprint density at radius 2 is 1.74 bits per heavy atom. The van der Waals surface area contributed by atoms with Gasteiger partial charge in [0.1, 0.15) is 0 Å².